The van der Waals surface area contributed by atoms with Crippen molar-refractivity contribution in [2.75, 3.05) is 32.9 Å². The molecule has 0 unspecified atom stereocenters. The standard InChI is InChI=1S/C21H21NO4/c23-10-7-19-14-18-13-17(5-6-20(18)26-19)15-1-3-16(4-2-15)21(24)22-8-11-25-12-9-22/h1-6,13-14,23H,7-12H2. The Hall–Kier alpha value is -2.63. The molecule has 0 radical (unpaired) electrons. The van der Waals surface area contributed by atoms with E-state index >= 15 is 0 Å². The number of amides is 1. The topological polar surface area (TPSA) is 62.9 Å². The predicted molar refractivity (Wildman–Crippen MR) is 99.2 cm³/mol. The Morgan fingerprint density at radius 3 is 2.46 bits per heavy atom. The lowest BCUT2D eigenvalue weighted by atomic mass is 10.0. The number of carbonyl (C=O) groups is 1. The number of fused-ring (bicyclic) bond motifs is 1. The second kappa shape index (κ2) is 7.32. The van der Waals surface area contributed by atoms with E-state index in [0.717, 1.165) is 27.9 Å². The van der Waals surface area contributed by atoms with E-state index in [0.29, 0.717) is 38.3 Å². The summed E-state index contributed by atoms with van der Waals surface area (Å²) in [5.41, 5.74) is 3.64. The summed E-state index contributed by atoms with van der Waals surface area (Å²) in [6.45, 7) is 2.58. The van der Waals surface area contributed by atoms with Gasteiger partial charge in [-0.15, -0.1) is 0 Å². The van der Waals surface area contributed by atoms with Gasteiger partial charge in [0.15, 0.2) is 0 Å². The Morgan fingerprint density at radius 2 is 1.73 bits per heavy atom. The number of hydrogen-bond donors (Lipinski definition) is 1. The molecule has 0 spiro atoms. The van der Waals surface area contributed by atoms with Gasteiger partial charge in [0.2, 0.25) is 0 Å². The monoisotopic (exact) mass is 351 g/mol. The second-order valence-corrected chi connectivity index (χ2v) is 6.42. The fraction of sp³-hybridized carbons (Fsp3) is 0.286. The molecule has 0 atom stereocenters. The van der Waals surface area contributed by atoms with Crippen LogP contribution in [0.3, 0.4) is 0 Å². The number of aliphatic hydroxyl groups is 1. The van der Waals surface area contributed by atoms with Gasteiger partial charge < -0.3 is 19.2 Å². The normalized spacial score (nSPS) is 14.7. The van der Waals surface area contributed by atoms with Crippen molar-refractivity contribution in [1.82, 2.24) is 4.90 Å². The first-order valence-corrected chi connectivity index (χ1v) is 8.85. The zero-order chi connectivity index (χ0) is 17.9. The Balaban J connectivity index is 1.56. The van der Waals surface area contributed by atoms with E-state index in [1.165, 1.54) is 0 Å². The van der Waals surface area contributed by atoms with Crippen LogP contribution in [-0.2, 0) is 11.2 Å². The number of ether oxygens (including phenoxy) is 1. The summed E-state index contributed by atoms with van der Waals surface area (Å²) >= 11 is 0. The number of benzene rings is 2. The van der Waals surface area contributed by atoms with Gasteiger partial charge in [0.05, 0.1) is 19.8 Å². The molecule has 1 aliphatic rings. The van der Waals surface area contributed by atoms with Crippen LogP contribution in [0, 0.1) is 0 Å². The third-order valence-corrected chi connectivity index (χ3v) is 4.69. The second-order valence-electron chi connectivity index (χ2n) is 6.42. The van der Waals surface area contributed by atoms with Gasteiger partial charge >= 0.3 is 0 Å². The zero-order valence-electron chi connectivity index (χ0n) is 14.5. The minimum absolute atomic E-state index is 0.0544. The summed E-state index contributed by atoms with van der Waals surface area (Å²) in [7, 11) is 0. The molecule has 4 rings (SSSR count). The van der Waals surface area contributed by atoms with Crippen molar-refractivity contribution in [3.8, 4) is 11.1 Å². The van der Waals surface area contributed by atoms with Crippen LogP contribution in [0.5, 0.6) is 0 Å². The number of carbonyl (C=O) groups excluding carboxylic acids is 1. The highest BCUT2D eigenvalue weighted by Gasteiger charge is 2.18. The fourth-order valence-corrected chi connectivity index (χ4v) is 3.27. The van der Waals surface area contributed by atoms with E-state index in [1.807, 2.05) is 47.4 Å². The molecule has 5 nitrogen and oxygen atoms in total. The highest BCUT2D eigenvalue weighted by Crippen LogP contribution is 2.27. The summed E-state index contributed by atoms with van der Waals surface area (Å²) < 4.78 is 11.0. The molecule has 1 fully saturated rings. The minimum atomic E-state index is 0.0544. The lowest BCUT2D eigenvalue weighted by Gasteiger charge is -2.26. The number of rotatable bonds is 4. The average Bonchev–Trinajstić information content (AvgIpc) is 3.10. The van der Waals surface area contributed by atoms with Crippen LogP contribution in [0.25, 0.3) is 22.1 Å². The van der Waals surface area contributed by atoms with Crippen molar-refractivity contribution in [1.29, 1.82) is 0 Å². The maximum atomic E-state index is 12.5. The van der Waals surface area contributed by atoms with Crippen LogP contribution in [0.2, 0.25) is 0 Å². The molecular weight excluding hydrogens is 330 g/mol. The van der Waals surface area contributed by atoms with E-state index < -0.39 is 0 Å². The van der Waals surface area contributed by atoms with Gasteiger partial charge in [-0.2, -0.15) is 0 Å². The van der Waals surface area contributed by atoms with Crippen molar-refractivity contribution in [2.24, 2.45) is 0 Å². The molecule has 1 aliphatic heterocycles. The molecule has 0 saturated carbocycles. The molecule has 134 valence electrons. The molecule has 1 N–H and O–H groups in total. The molecule has 26 heavy (non-hydrogen) atoms. The lowest BCUT2D eigenvalue weighted by molar-refractivity contribution is 0.0303. The molecule has 2 heterocycles. The first-order valence-electron chi connectivity index (χ1n) is 8.85. The van der Waals surface area contributed by atoms with Crippen LogP contribution >= 0.6 is 0 Å². The van der Waals surface area contributed by atoms with Gasteiger partial charge in [-0.25, -0.2) is 0 Å². The number of furan rings is 1. The molecule has 0 bridgehead atoms. The maximum Gasteiger partial charge on any atom is 0.254 e. The Bertz CT molecular complexity index is 907. The highest BCUT2D eigenvalue weighted by atomic mass is 16.5. The summed E-state index contributed by atoms with van der Waals surface area (Å²) in [6, 6.07) is 15.7. The third kappa shape index (κ3) is 3.36. The van der Waals surface area contributed by atoms with E-state index in [1.54, 1.807) is 0 Å². The summed E-state index contributed by atoms with van der Waals surface area (Å²) in [6.07, 6.45) is 0.516. The van der Waals surface area contributed by atoms with Crippen molar-refractivity contribution < 1.29 is 19.1 Å². The summed E-state index contributed by atoms with van der Waals surface area (Å²) in [5, 5.41) is 10.1. The lowest BCUT2D eigenvalue weighted by Crippen LogP contribution is -2.40. The first kappa shape index (κ1) is 16.8. The third-order valence-electron chi connectivity index (χ3n) is 4.69. The number of nitrogens with zero attached hydrogens (tertiary/aromatic N) is 1. The maximum absolute atomic E-state index is 12.5. The van der Waals surface area contributed by atoms with E-state index in [-0.39, 0.29) is 12.5 Å². The molecule has 1 aromatic heterocycles. The van der Waals surface area contributed by atoms with Gasteiger partial charge in [0, 0.05) is 30.5 Å². The molecule has 2 aromatic carbocycles. The van der Waals surface area contributed by atoms with E-state index in [4.69, 9.17) is 14.3 Å². The van der Waals surface area contributed by atoms with Crippen LogP contribution in [-0.4, -0.2) is 48.8 Å². The Morgan fingerprint density at radius 1 is 1.00 bits per heavy atom. The van der Waals surface area contributed by atoms with Gasteiger partial charge in [-0.3, -0.25) is 4.79 Å². The van der Waals surface area contributed by atoms with Crippen LogP contribution in [0.4, 0.5) is 0 Å². The number of aliphatic hydroxyl groups excluding tert-OH is 1. The van der Waals surface area contributed by atoms with Crippen LogP contribution < -0.4 is 0 Å². The van der Waals surface area contributed by atoms with Gasteiger partial charge in [-0.1, -0.05) is 18.2 Å². The number of morpholine rings is 1. The molecule has 3 aromatic rings. The van der Waals surface area contributed by atoms with Gasteiger partial charge in [0.1, 0.15) is 11.3 Å². The van der Waals surface area contributed by atoms with E-state index in [2.05, 4.69) is 6.07 Å². The average molecular weight is 351 g/mol. The molecule has 1 saturated heterocycles. The quantitative estimate of drug-likeness (QED) is 0.784. The van der Waals surface area contributed by atoms with Crippen molar-refractivity contribution in [2.45, 2.75) is 6.42 Å². The first-order chi connectivity index (χ1) is 12.7. The Kier molecular flexibility index (Phi) is 4.73. The van der Waals surface area contributed by atoms with Crippen molar-refractivity contribution >= 4 is 16.9 Å². The molecule has 5 heteroatoms. The fourth-order valence-electron chi connectivity index (χ4n) is 3.27. The summed E-state index contributed by atoms with van der Waals surface area (Å²) in [5.74, 6) is 0.838. The largest absolute Gasteiger partial charge is 0.461 e. The van der Waals surface area contributed by atoms with Crippen LogP contribution in [0.15, 0.2) is 52.9 Å². The Labute approximate surface area is 151 Å². The van der Waals surface area contributed by atoms with Gasteiger partial charge in [-0.05, 0) is 41.5 Å². The predicted octanol–water partition coefficient (Wildman–Crippen LogP) is 3.11. The van der Waals surface area contributed by atoms with Crippen molar-refractivity contribution in [3.05, 3.63) is 59.9 Å². The van der Waals surface area contributed by atoms with Crippen LogP contribution in [0.1, 0.15) is 16.1 Å². The highest BCUT2D eigenvalue weighted by molar-refractivity contribution is 5.95. The molecule has 0 aliphatic carbocycles. The number of hydrogen-bond acceptors (Lipinski definition) is 4. The van der Waals surface area contributed by atoms with E-state index in [9.17, 15) is 4.79 Å². The molecular formula is C21H21NO4. The SMILES string of the molecule is O=C(c1ccc(-c2ccc3oc(CCO)cc3c2)cc1)N1CCOCC1. The summed E-state index contributed by atoms with van der Waals surface area (Å²) in [4.78, 5) is 14.4. The smallest absolute Gasteiger partial charge is 0.254 e. The minimum Gasteiger partial charge on any atom is -0.461 e. The zero-order valence-corrected chi connectivity index (χ0v) is 14.5. The van der Waals surface area contributed by atoms with Gasteiger partial charge in [0.25, 0.3) is 5.91 Å². The molecule has 1 amide bonds. The van der Waals surface area contributed by atoms with Crippen molar-refractivity contribution in [3.63, 3.8) is 0 Å².